The number of benzene rings is 2. The maximum Gasteiger partial charge on any atom is 0.311 e. The van der Waals surface area contributed by atoms with Crippen LogP contribution in [0.5, 0.6) is 5.75 Å². The molecule has 1 N–H and O–H groups in total. The SMILES string of the molecule is O=C(O)[C@@H](CCOc1ccccc1)c1ccccc1. The van der Waals surface area contributed by atoms with E-state index in [2.05, 4.69) is 0 Å². The summed E-state index contributed by atoms with van der Waals surface area (Å²) in [6.45, 7) is 0.385. The smallest absolute Gasteiger partial charge is 0.311 e. The van der Waals surface area contributed by atoms with Crippen molar-refractivity contribution in [2.24, 2.45) is 0 Å². The van der Waals surface area contributed by atoms with Gasteiger partial charge < -0.3 is 9.84 Å². The molecule has 2 aromatic rings. The van der Waals surface area contributed by atoms with Crippen molar-refractivity contribution in [1.29, 1.82) is 0 Å². The van der Waals surface area contributed by atoms with Gasteiger partial charge in [-0.05, 0) is 24.1 Å². The van der Waals surface area contributed by atoms with Crippen molar-refractivity contribution in [3.8, 4) is 5.75 Å². The summed E-state index contributed by atoms with van der Waals surface area (Å²) in [5.74, 6) is -0.576. The first-order valence-corrected chi connectivity index (χ1v) is 6.23. The van der Waals surface area contributed by atoms with E-state index < -0.39 is 11.9 Å². The Balaban J connectivity index is 1.94. The minimum absolute atomic E-state index is 0.385. The lowest BCUT2D eigenvalue weighted by atomic mass is 9.96. The van der Waals surface area contributed by atoms with Crippen LogP contribution in [0.2, 0.25) is 0 Å². The molecule has 0 unspecified atom stereocenters. The first-order valence-electron chi connectivity index (χ1n) is 6.23. The van der Waals surface area contributed by atoms with Gasteiger partial charge in [-0.3, -0.25) is 4.79 Å². The Labute approximate surface area is 112 Å². The molecule has 2 rings (SSSR count). The van der Waals surface area contributed by atoms with E-state index in [1.54, 1.807) is 0 Å². The second kappa shape index (κ2) is 6.59. The van der Waals surface area contributed by atoms with E-state index in [1.807, 2.05) is 60.7 Å². The molecule has 0 bridgehead atoms. The fourth-order valence-electron chi connectivity index (χ4n) is 1.93. The average molecular weight is 256 g/mol. The molecule has 0 saturated heterocycles. The van der Waals surface area contributed by atoms with Crippen LogP contribution < -0.4 is 4.74 Å². The summed E-state index contributed by atoms with van der Waals surface area (Å²) >= 11 is 0. The third-order valence-corrected chi connectivity index (χ3v) is 2.92. The number of hydrogen-bond acceptors (Lipinski definition) is 2. The number of carboxylic acids is 1. The number of ether oxygens (including phenoxy) is 1. The maximum absolute atomic E-state index is 11.3. The van der Waals surface area contributed by atoms with E-state index in [1.165, 1.54) is 0 Å². The molecule has 0 spiro atoms. The highest BCUT2D eigenvalue weighted by Gasteiger charge is 2.19. The van der Waals surface area contributed by atoms with Gasteiger partial charge in [0.25, 0.3) is 0 Å². The van der Waals surface area contributed by atoms with Crippen LogP contribution in [0, 0.1) is 0 Å². The lowest BCUT2D eigenvalue weighted by molar-refractivity contribution is -0.139. The topological polar surface area (TPSA) is 46.5 Å². The summed E-state index contributed by atoms with van der Waals surface area (Å²) in [6.07, 6.45) is 0.453. The Morgan fingerprint density at radius 3 is 2.16 bits per heavy atom. The lowest BCUT2D eigenvalue weighted by Crippen LogP contribution is -2.15. The van der Waals surface area contributed by atoms with Crippen LogP contribution in [-0.4, -0.2) is 17.7 Å². The Bertz CT molecular complexity index is 508. The third-order valence-electron chi connectivity index (χ3n) is 2.92. The molecule has 0 aromatic heterocycles. The summed E-state index contributed by atoms with van der Waals surface area (Å²) < 4.78 is 5.54. The van der Waals surface area contributed by atoms with E-state index >= 15 is 0 Å². The van der Waals surface area contributed by atoms with Crippen LogP contribution in [0.4, 0.5) is 0 Å². The quantitative estimate of drug-likeness (QED) is 0.862. The largest absolute Gasteiger partial charge is 0.494 e. The molecule has 0 aliphatic heterocycles. The van der Waals surface area contributed by atoms with Crippen molar-refractivity contribution >= 4 is 5.97 Å². The first-order chi connectivity index (χ1) is 9.27. The highest BCUT2D eigenvalue weighted by atomic mass is 16.5. The Morgan fingerprint density at radius 1 is 1.00 bits per heavy atom. The molecule has 0 fully saturated rings. The molecule has 0 aliphatic carbocycles. The minimum atomic E-state index is -0.817. The zero-order chi connectivity index (χ0) is 13.5. The van der Waals surface area contributed by atoms with Gasteiger partial charge in [0.2, 0.25) is 0 Å². The fourth-order valence-corrected chi connectivity index (χ4v) is 1.93. The van der Waals surface area contributed by atoms with Gasteiger partial charge >= 0.3 is 5.97 Å². The molecule has 0 radical (unpaired) electrons. The van der Waals surface area contributed by atoms with Crippen LogP contribution in [-0.2, 0) is 4.79 Å². The molecule has 0 saturated carbocycles. The highest BCUT2D eigenvalue weighted by Crippen LogP contribution is 2.20. The van der Waals surface area contributed by atoms with Crippen molar-refractivity contribution in [1.82, 2.24) is 0 Å². The van der Waals surface area contributed by atoms with Crippen LogP contribution in [0.15, 0.2) is 60.7 Å². The van der Waals surface area contributed by atoms with Crippen LogP contribution in [0.1, 0.15) is 17.9 Å². The van der Waals surface area contributed by atoms with Crippen molar-refractivity contribution < 1.29 is 14.6 Å². The van der Waals surface area contributed by atoms with E-state index in [-0.39, 0.29) is 0 Å². The molecule has 0 heterocycles. The molecule has 0 aliphatic rings. The molecule has 0 amide bonds. The first kappa shape index (κ1) is 13.1. The van der Waals surface area contributed by atoms with Crippen molar-refractivity contribution in [3.05, 3.63) is 66.2 Å². The fraction of sp³-hybridized carbons (Fsp3) is 0.188. The molecule has 3 heteroatoms. The molecular weight excluding hydrogens is 240 g/mol. The molecule has 3 nitrogen and oxygen atoms in total. The average Bonchev–Trinajstić information content (AvgIpc) is 2.45. The predicted octanol–water partition coefficient (Wildman–Crippen LogP) is 3.32. The number of rotatable bonds is 6. The number of hydrogen-bond donors (Lipinski definition) is 1. The molecule has 98 valence electrons. The molecule has 1 atom stereocenters. The van der Waals surface area contributed by atoms with Gasteiger partial charge in [-0.1, -0.05) is 48.5 Å². The Kier molecular flexibility index (Phi) is 4.56. The minimum Gasteiger partial charge on any atom is -0.494 e. The number of para-hydroxylation sites is 1. The molecular formula is C16H16O3. The standard InChI is InChI=1S/C16H16O3/c17-16(18)15(13-7-3-1-4-8-13)11-12-19-14-9-5-2-6-10-14/h1-10,15H,11-12H2,(H,17,18)/t15-/m0/s1. The Hall–Kier alpha value is -2.29. The zero-order valence-corrected chi connectivity index (χ0v) is 10.5. The van der Waals surface area contributed by atoms with E-state index in [0.29, 0.717) is 13.0 Å². The summed E-state index contributed by atoms with van der Waals surface area (Å²) in [7, 11) is 0. The normalized spacial score (nSPS) is 11.8. The summed E-state index contributed by atoms with van der Waals surface area (Å²) in [5.41, 5.74) is 0.812. The highest BCUT2D eigenvalue weighted by molar-refractivity contribution is 5.76. The summed E-state index contributed by atoms with van der Waals surface area (Å²) in [5, 5.41) is 9.27. The number of carbonyl (C=O) groups is 1. The van der Waals surface area contributed by atoms with Crippen molar-refractivity contribution in [2.45, 2.75) is 12.3 Å². The van der Waals surface area contributed by atoms with Gasteiger partial charge in [0, 0.05) is 0 Å². The lowest BCUT2D eigenvalue weighted by Gasteiger charge is -2.13. The van der Waals surface area contributed by atoms with Gasteiger partial charge in [0.05, 0.1) is 12.5 Å². The van der Waals surface area contributed by atoms with Crippen molar-refractivity contribution in [2.75, 3.05) is 6.61 Å². The second-order valence-electron chi connectivity index (χ2n) is 4.25. The van der Waals surface area contributed by atoms with Gasteiger partial charge in [0.15, 0.2) is 0 Å². The van der Waals surface area contributed by atoms with E-state index in [0.717, 1.165) is 11.3 Å². The van der Waals surface area contributed by atoms with Crippen LogP contribution in [0.25, 0.3) is 0 Å². The third kappa shape index (κ3) is 3.85. The second-order valence-corrected chi connectivity index (χ2v) is 4.25. The number of carboxylic acid groups (broad SMARTS) is 1. The van der Waals surface area contributed by atoms with E-state index in [4.69, 9.17) is 4.74 Å². The monoisotopic (exact) mass is 256 g/mol. The van der Waals surface area contributed by atoms with Crippen LogP contribution >= 0.6 is 0 Å². The predicted molar refractivity (Wildman–Crippen MR) is 73.4 cm³/mol. The maximum atomic E-state index is 11.3. The molecule has 2 aromatic carbocycles. The summed E-state index contributed by atoms with van der Waals surface area (Å²) in [6, 6.07) is 18.7. The number of aliphatic carboxylic acids is 1. The van der Waals surface area contributed by atoms with Crippen molar-refractivity contribution in [3.63, 3.8) is 0 Å². The van der Waals surface area contributed by atoms with Crippen LogP contribution in [0.3, 0.4) is 0 Å². The molecule has 19 heavy (non-hydrogen) atoms. The zero-order valence-electron chi connectivity index (χ0n) is 10.5. The summed E-state index contributed by atoms with van der Waals surface area (Å²) in [4.78, 5) is 11.3. The Morgan fingerprint density at radius 2 is 1.58 bits per heavy atom. The van der Waals surface area contributed by atoms with Gasteiger partial charge in [0.1, 0.15) is 5.75 Å². The van der Waals surface area contributed by atoms with Gasteiger partial charge in [-0.2, -0.15) is 0 Å². The van der Waals surface area contributed by atoms with Gasteiger partial charge in [-0.15, -0.1) is 0 Å². The van der Waals surface area contributed by atoms with E-state index in [9.17, 15) is 9.90 Å². The van der Waals surface area contributed by atoms with Gasteiger partial charge in [-0.25, -0.2) is 0 Å².